The van der Waals surface area contributed by atoms with E-state index in [9.17, 15) is 22.4 Å². The molecule has 3 aromatic rings. The molecule has 2 atom stereocenters. The van der Waals surface area contributed by atoms with E-state index in [4.69, 9.17) is 16.3 Å². The minimum Gasteiger partial charge on any atom is -0.495 e. The SMILES string of the molecule is CNC(=O)C(N[C@@H](CCc1ccc(C(F)(F)F)nc1)c1ccc(Cl)c(OC)c1)c1ccc(F)cc1. The highest BCUT2D eigenvalue weighted by Crippen LogP contribution is 2.32. The molecule has 0 aliphatic rings. The molecular weight excluding hydrogens is 486 g/mol. The first-order valence-electron chi connectivity index (χ1n) is 10.7. The van der Waals surface area contributed by atoms with Crippen LogP contribution in [0, 0.1) is 5.82 Å². The average molecular weight is 510 g/mol. The van der Waals surface area contributed by atoms with Gasteiger partial charge in [0.15, 0.2) is 0 Å². The van der Waals surface area contributed by atoms with Crippen molar-refractivity contribution in [3.05, 3.63) is 94.0 Å². The van der Waals surface area contributed by atoms with Crippen molar-refractivity contribution >= 4 is 17.5 Å². The molecule has 5 nitrogen and oxygen atoms in total. The number of nitrogens with one attached hydrogen (secondary N) is 2. The van der Waals surface area contributed by atoms with E-state index in [1.807, 2.05) is 0 Å². The van der Waals surface area contributed by atoms with Gasteiger partial charge >= 0.3 is 6.18 Å². The third-order valence-electron chi connectivity index (χ3n) is 5.49. The number of methoxy groups -OCH3 is 1. The van der Waals surface area contributed by atoms with Crippen molar-refractivity contribution in [2.45, 2.75) is 31.1 Å². The molecule has 0 aliphatic carbocycles. The van der Waals surface area contributed by atoms with Crippen LogP contribution in [-0.2, 0) is 17.4 Å². The summed E-state index contributed by atoms with van der Waals surface area (Å²) in [4.78, 5) is 16.2. The first-order chi connectivity index (χ1) is 16.6. The van der Waals surface area contributed by atoms with E-state index in [2.05, 4.69) is 15.6 Å². The average Bonchev–Trinajstić information content (AvgIpc) is 2.84. The highest BCUT2D eigenvalue weighted by molar-refractivity contribution is 6.32. The summed E-state index contributed by atoms with van der Waals surface area (Å²) in [5.74, 6) is -0.331. The maximum absolute atomic E-state index is 13.5. The fourth-order valence-corrected chi connectivity index (χ4v) is 3.81. The molecular formula is C25H24ClF4N3O2. The number of amides is 1. The van der Waals surface area contributed by atoms with Crippen molar-refractivity contribution in [1.82, 2.24) is 15.6 Å². The quantitative estimate of drug-likeness (QED) is 0.366. The number of benzene rings is 2. The minimum atomic E-state index is -4.52. The summed E-state index contributed by atoms with van der Waals surface area (Å²) in [5, 5.41) is 6.31. The van der Waals surface area contributed by atoms with Crippen molar-refractivity contribution in [1.29, 1.82) is 0 Å². The van der Waals surface area contributed by atoms with Crippen LogP contribution >= 0.6 is 11.6 Å². The van der Waals surface area contributed by atoms with Crippen LogP contribution in [0.3, 0.4) is 0 Å². The Balaban J connectivity index is 1.91. The molecule has 1 aromatic heterocycles. The second-order valence-corrected chi connectivity index (χ2v) is 8.21. The number of carbonyl (C=O) groups excluding carboxylic acids is 1. The molecule has 10 heteroatoms. The van der Waals surface area contributed by atoms with Crippen molar-refractivity contribution < 1.29 is 27.1 Å². The Morgan fingerprint density at radius 1 is 1.09 bits per heavy atom. The lowest BCUT2D eigenvalue weighted by Gasteiger charge is -2.26. The molecule has 2 N–H and O–H groups in total. The van der Waals surface area contributed by atoms with Crippen LogP contribution in [-0.4, -0.2) is 25.0 Å². The number of aryl methyl sites for hydroxylation is 1. The first-order valence-corrected chi connectivity index (χ1v) is 11.1. The van der Waals surface area contributed by atoms with Gasteiger partial charge in [-0.2, -0.15) is 13.2 Å². The van der Waals surface area contributed by atoms with Gasteiger partial charge in [0.2, 0.25) is 5.91 Å². The van der Waals surface area contributed by atoms with Crippen molar-refractivity contribution in [2.24, 2.45) is 0 Å². The predicted octanol–water partition coefficient (Wildman–Crippen LogP) is 5.65. The smallest absolute Gasteiger partial charge is 0.433 e. The molecule has 0 bridgehead atoms. The molecule has 0 aliphatic heterocycles. The number of hydrogen-bond donors (Lipinski definition) is 2. The summed E-state index contributed by atoms with van der Waals surface area (Å²) in [5.41, 5.74) is 0.938. The second-order valence-electron chi connectivity index (χ2n) is 7.80. The number of nitrogens with zero attached hydrogens (tertiary/aromatic N) is 1. The van der Waals surface area contributed by atoms with Crippen LogP contribution in [0.4, 0.5) is 17.6 Å². The van der Waals surface area contributed by atoms with Crippen molar-refractivity contribution in [2.75, 3.05) is 14.2 Å². The molecule has 0 spiro atoms. The number of carbonyl (C=O) groups is 1. The van der Waals surface area contributed by atoms with Crippen molar-refractivity contribution in [3.8, 4) is 5.75 Å². The van der Waals surface area contributed by atoms with E-state index < -0.39 is 29.8 Å². The van der Waals surface area contributed by atoms with Gasteiger partial charge in [-0.15, -0.1) is 0 Å². The summed E-state index contributed by atoms with van der Waals surface area (Å²) in [7, 11) is 2.97. The Hall–Kier alpha value is -3.17. The summed E-state index contributed by atoms with van der Waals surface area (Å²) in [6, 6.07) is 11.8. The Labute approximate surface area is 205 Å². The van der Waals surface area contributed by atoms with E-state index in [0.29, 0.717) is 34.7 Å². The van der Waals surface area contributed by atoms with Crippen LogP contribution in [0.1, 0.15) is 40.9 Å². The molecule has 2 aromatic carbocycles. The van der Waals surface area contributed by atoms with E-state index in [1.165, 1.54) is 50.7 Å². The van der Waals surface area contributed by atoms with Crippen LogP contribution < -0.4 is 15.4 Å². The largest absolute Gasteiger partial charge is 0.495 e. The Morgan fingerprint density at radius 2 is 1.77 bits per heavy atom. The van der Waals surface area contributed by atoms with Gasteiger partial charge < -0.3 is 10.1 Å². The molecule has 186 valence electrons. The first kappa shape index (κ1) is 26.4. The van der Waals surface area contributed by atoms with Gasteiger partial charge in [0.25, 0.3) is 0 Å². The lowest BCUT2D eigenvalue weighted by molar-refractivity contribution is -0.141. The Morgan fingerprint density at radius 3 is 2.34 bits per heavy atom. The van der Waals surface area contributed by atoms with Crippen LogP contribution in [0.2, 0.25) is 5.02 Å². The highest BCUT2D eigenvalue weighted by Gasteiger charge is 2.32. The molecule has 35 heavy (non-hydrogen) atoms. The van der Waals surface area contributed by atoms with Gasteiger partial charge in [-0.25, -0.2) is 4.39 Å². The summed E-state index contributed by atoms with van der Waals surface area (Å²) < 4.78 is 57.3. The normalized spacial score (nSPS) is 13.2. The van der Waals surface area contributed by atoms with Gasteiger partial charge in [0.1, 0.15) is 23.3 Å². The Bertz CT molecular complexity index is 1140. The molecule has 3 rings (SSSR count). The summed E-state index contributed by atoms with van der Waals surface area (Å²) in [6.45, 7) is 0. The van der Waals surface area contributed by atoms with E-state index >= 15 is 0 Å². The van der Waals surface area contributed by atoms with Crippen molar-refractivity contribution in [3.63, 3.8) is 0 Å². The number of likely N-dealkylation sites (N-methyl/N-ethyl adjacent to an activating group) is 1. The number of pyridine rings is 1. The van der Waals surface area contributed by atoms with Crippen LogP contribution in [0.25, 0.3) is 0 Å². The standard InChI is InChI=1S/C25H24ClF4N3O2/c1-31-24(34)23(16-5-8-18(27)9-6-16)33-20(17-7-10-19(26)21(13-17)35-2)11-3-15-4-12-22(32-14-15)25(28,29)30/h4-10,12-14,20,23,33H,3,11H2,1-2H3,(H,31,34)/t20-,23?/m0/s1. The predicted molar refractivity (Wildman–Crippen MR) is 125 cm³/mol. The zero-order valence-corrected chi connectivity index (χ0v) is 19.8. The topological polar surface area (TPSA) is 63.2 Å². The van der Waals surface area contributed by atoms with Crippen LogP contribution in [0.5, 0.6) is 5.75 Å². The second kappa shape index (κ2) is 11.5. The zero-order valence-electron chi connectivity index (χ0n) is 19.0. The maximum atomic E-state index is 13.5. The van der Waals surface area contributed by atoms with Gasteiger partial charge in [-0.3, -0.25) is 15.1 Å². The number of rotatable bonds is 9. The molecule has 0 saturated carbocycles. The molecule has 1 heterocycles. The number of halogens is 5. The van der Waals surface area contributed by atoms with E-state index in [0.717, 1.165) is 11.6 Å². The number of alkyl halides is 3. The summed E-state index contributed by atoms with van der Waals surface area (Å²) in [6.07, 6.45) is -2.54. The summed E-state index contributed by atoms with van der Waals surface area (Å²) >= 11 is 6.17. The van der Waals surface area contributed by atoms with Crippen LogP contribution in [0.15, 0.2) is 60.8 Å². The third kappa shape index (κ3) is 6.93. The Kier molecular flexibility index (Phi) is 8.69. The molecule has 0 saturated heterocycles. The molecule has 0 radical (unpaired) electrons. The number of ether oxygens (including phenoxy) is 1. The highest BCUT2D eigenvalue weighted by atomic mass is 35.5. The van der Waals surface area contributed by atoms with E-state index in [-0.39, 0.29) is 5.91 Å². The fourth-order valence-electron chi connectivity index (χ4n) is 3.61. The monoisotopic (exact) mass is 509 g/mol. The van der Waals surface area contributed by atoms with E-state index in [1.54, 1.807) is 18.2 Å². The number of aromatic nitrogens is 1. The number of hydrogen-bond acceptors (Lipinski definition) is 4. The molecule has 0 fully saturated rings. The van der Waals surface area contributed by atoms with Gasteiger partial charge in [0.05, 0.1) is 12.1 Å². The van der Waals surface area contributed by atoms with Gasteiger partial charge in [0, 0.05) is 19.3 Å². The fraction of sp³-hybridized carbons (Fsp3) is 0.280. The molecule has 1 unspecified atom stereocenters. The lowest BCUT2D eigenvalue weighted by atomic mass is 9.96. The van der Waals surface area contributed by atoms with Gasteiger partial charge in [-0.1, -0.05) is 35.9 Å². The lowest BCUT2D eigenvalue weighted by Crippen LogP contribution is -2.38. The van der Waals surface area contributed by atoms with Gasteiger partial charge in [-0.05, 0) is 59.9 Å². The third-order valence-corrected chi connectivity index (χ3v) is 5.81. The maximum Gasteiger partial charge on any atom is 0.433 e. The minimum absolute atomic E-state index is 0.335. The molecule has 1 amide bonds. The zero-order chi connectivity index (χ0) is 25.6.